The minimum atomic E-state index is 0.698. The zero-order valence-corrected chi connectivity index (χ0v) is 15.4. The lowest BCUT2D eigenvalue weighted by atomic mass is 10.1. The first kappa shape index (κ1) is 16.4. The third kappa shape index (κ3) is 3.07. The van der Waals surface area contributed by atoms with Gasteiger partial charge in [-0.25, -0.2) is 19.2 Å². The van der Waals surface area contributed by atoms with E-state index < -0.39 is 0 Å². The van der Waals surface area contributed by atoms with Gasteiger partial charge < -0.3 is 5.32 Å². The number of rotatable bonds is 5. The molecular weight excluding hydrogens is 350 g/mol. The highest BCUT2D eigenvalue weighted by molar-refractivity contribution is 5.91. The van der Waals surface area contributed by atoms with Crippen LogP contribution in [0.5, 0.6) is 0 Å². The van der Waals surface area contributed by atoms with Crippen molar-refractivity contribution in [2.24, 2.45) is 0 Å². The summed E-state index contributed by atoms with van der Waals surface area (Å²) in [5.41, 5.74) is 5.23. The monoisotopic (exact) mass is 369 g/mol. The smallest absolute Gasteiger partial charge is 0.158 e. The van der Waals surface area contributed by atoms with E-state index in [4.69, 9.17) is 4.98 Å². The van der Waals surface area contributed by atoms with Gasteiger partial charge in [-0.1, -0.05) is 36.4 Å². The van der Waals surface area contributed by atoms with Crippen LogP contribution < -0.4 is 5.32 Å². The van der Waals surface area contributed by atoms with Crippen LogP contribution in [0.25, 0.3) is 16.6 Å². The summed E-state index contributed by atoms with van der Waals surface area (Å²) in [5.74, 6) is 0.870. The topological polar surface area (TPSA) is 72.9 Å². The summed E-state index contributed by atoms with van der Waals surface area (Å²) < 4.78 is 3.71. The van der Waals surface area contributed by atoms with Crippen LogP contribution in [-0.2, 0) is 13.1 Å². The molecule has 0 amide bonds. The second-order valence-corrected chi connectivity index (χ2v) is 6.80. The average Bonchev–Trinajstić information content (AvgIpc) is 3.36. The molecule has 3 heterocycles. The maximum atomic E-state index is 4.78. The van der Waals surface area contributed by atoms with Gasteiger partial charge in [-0.15, -0.1) is 0 Å². The van der Waals surface area contributed by atoms with Gasteiger partial charge in [0.1, 0.15) is 18.5 Å². The molecule has 0 atom stereocenters. The Morgan fingerprint density at radius 1 is 1.00 bits per heavy atom. The lowest BCUT2D eigenvalue weighted by Crippen LogP contribution is -2.05. The number of hydrogen-bond acceptors (Lipinski definition) is 5. The Kier molecular flexibility index (Phi) is 3.97. The summed E-state index contributed by atoms with van der Waals surface area (Å²) in [4.78, 5) is 8.75. The van der Waals surface area contributed by atoms with Crippen molar-refractivity contribution < 1.29 is 0 Å². The Hall–Kier alpha value is -3.74. The van der Waals surface area contributed by atoms with E-state index in [0.29, 0.717) is 6.54 Å². The van der Waals surface area contributed by atoms with Crippen LogP contribution in [0.2, 0.25) is 0 Å². The summed E-state index contributed by atoms with van der Waals surface area (Å²) in [5, 5.41) is 13.2. The van der Waals surface area contributed by atoms with Gasteiger partial charge in [0.15, 0.2) is 5.65 Å². The molecule has 2 aromatic carbocycles. The number of hydrogen-bond donors (Lipinski definition) is 1. The second-order valence-electron chi connectivity index (χ2n) is 6.80. The first-order valence-corrected chi connectivity index (χ1v) is 9.15. The maximum absolute atomic E-state index is 4.78. The Labute approximate surface area is 161 Å². The van der Waals surface area contributed by atoms with Crippen molar-refractivity contribution >= 4 is 22.4 Å². The Balaban J connectivity index is 1.39. The average molecular weight is 369 g/mol. The van der Waals surface area contributed by atoms with Crippen molar-refractivity contribution in [2.75, 3.05) is 5.32 Å². The lowest BCUT2D eigenvalue weighted by molar-refractivity contribution is 0.684. The normalized spacial score (nSPS) is 11.3. The molecule has 1 N–H and O–H groups in total. The number of anilines is 1. The van der Waals surface area contributed by atoms with Crippen LogP contribution in [0.3, 0.4) is 0 Å². The SMILES string of the molecule is Cc1cc2nc(NCc3ccc(Cn4cncn4)cc3)c3ccccc3n2n1. The highest BCUT2D eigenvalue weighted by Gasteiger charge is 2.09. The highest BCUT2D eigenvalue weighted by Crippen LogP contribution is 2.23. The first-order chi connectivity index (χ1) is 13.8. The number of nitrogens with zero attached hydrogens (tertiary/aromatic N) is 6. The van der Waals surface area contributed by atoms with Gasteiger partial charge in [0.2, 0.25) is 0 Å². The van der Waals surface area contributed by atoms with E-state index in [-0.39, 0.29) is 0 Å². The van der Waals surface area contributed by atoms with Gasteiger partial charge in [-0.3, -0.25) is 0 Å². The molecule has 138 valence electrons. The van der Waals surface area contributed by atoms with Crippen molar-refractivity contribution in [2.45, 2.75) is 20.0 Å². The summed E-state index contributed by atoms with van der Waals surface area (Å²) in [6, 6.07) is 18.7. The molecule has 0 saturated carbocycles. The fourth-order valence-electron chi connectivity index (χ4n) is 3.36. The molecule has 28 heavy (non-hydrogen) atoms. The van der Waals surface area contributed by atoms with E-state index in [2.05, 4.69) is 56.9 Å². The molecule has 0 spiro atoms. The van der Waals surface area contributed by atoms with Gasteiger partial charge in [0, 0.05) is 18.0 Å². The Bertz CT molecular complexity index is 1240. The molecule has 0 aliphatic heterocycles. The van der Waals surface area contributed by atoms with Crippen molar-refractivity contribution in [1.82, 2.24) is 29.4 Å². The number of aryl methyl sites for hydroxylation is 1. The van der Waals surface area contributed by atoms with Gasteiger partial charge in [-0.2, -0.15) is 10.2 Å². The minimum Gasteiger partial charge on any atom is -0.365 e. The number of nitrogens with one attached hydrogen (secondary N) is 1. The van der Waals surface area contributed by atoms with Crippen LogP contribution in [0.1, 0.15) is 16.8 Å². The van der Waals surface area contributed by atoms with Crippen LogP contribution in [0.4, 0.5) is 5.82 Å². The molecule has 5 rings (SSSR count). The number of para-hydroxylation sites is 1. The van der Waals surface area contributed by atoms with Crippen molar-refractivity contribution in [1.29, 1.82) is 0 Å². The van der Waals surface area contributed by atoms with Crippen LogP contribution in [0.15, 0.2) is 67.3 Å². The Morgan fingerprint density at radius 2 is 1.82 bits per heavy atom. The van der Waals surface area contributed by atoms with Crippen molar-refractivity contribution in [3.05, 3.63) is 84.1 Å². The molecule has 0 aliphatic rings. The van der Waals surface area contributed by atoms with E-state index in [1.54, 1.807) is 12.7 Å². The summed E-state index contributed by atoms with van der Waals surface area (Å²) in [6.07, 6.45) is 3.27. The molecule has 0 saturated heterocycles. The standard InChI is InChI=1S/C21H19N7/c1-15-10-20-25-21(18-4-2-3-5-19(18)28(20)26-15)23-11-16-6-8-17(9-7-16)12-27-14-22-13-24-27/h2-10,13-14H,11-12H2,1H3,(H,23,25). The lowest BCUT2D eigenvalue weighted by Gasteiger charge is -2.11. The number of benzene rings is 2. The maximum Gasteiger partial charge on any atom is 0.158 e. The molecule has 0 aliphatic carbocycles. The largest absolute Gasteiger partial charge is 0.365 e. The number of fused-ring (bicyclic) bond motifs is 3. The molecule has 7 nitrogen and oxygen atoms in total. The molecule has 3 aromatic heterocycles. The molecule has 5 aromatic rings. The van der Waals surface area contributed by atoms with Crippen molar-refractivity contribution in [3.8, 4) is 0 Å². The van der Waals surface area contributed by atoms with E-state index in [1.165, 1.54) is 11.1 Å². The molecular formula is C21H19N7. The fraction of sp³-hybridized carbons (Fsp3) is 0.143. The van der Waals surface area contributed by atoms with Gasteiger partial charge in [-0.05, 0) is 30.2 Å². The fourth-order valence-corrected chi connectivity index (χ4v) is 3.36. The van der Waals surface area contributed by atoms with E-state index in [1.807, 2.05) is 34.3 Å². The van der Waals surface area contributed by atoms with Gasteiger partial charge in [0.05, 0.1) is 17.8 Å². The van der Waals surface area contributed by atoms with E-state index >= 15 is 0 Å². The Morgan fingerprint density at radius 3 is 2.64 bits per heavy atom. The number of aromatic nitrogens is 6. The quantitative estimate of drug-likeness (QED) is 0.514. The van der Waals surface area contributed by atoms with Crippen LogP contribution >= 0.6 is 0 Å². The van der Waals surface area contributed by atoms with Gasteiger partial charge >= 0.3 is 0 Å². The molecule has 0 fully saturated rings. The summed E-state index contributed by atoms with van der Waals surface area (Å²) in [7, 11) is 0. The predicted molar refractivity (Wildman–Crippen MR) is 108 cm³/mol. The third-order valence-corrected chi connectivity index (χ3v) is 4.72. The molecule has 0 unspecified atom stereocenters. The summed E-state index contributed by atoms with van der Waals surface area (Å²) >= 11 is 0. The zero-order valence-electron chi connectivity index (χ0n) is 15.4. The van der Waals surface area contributed by atoms with Crippen molar-refractivity contribution in [3.63, 3.8) is 0 Å². The van der Waals surface area contributed by atoms with E-state index in [0.717, 1.165) is 34.6 Å². The molecule has 0 bridgehead atoms. The molecule has 7 heteroatoms. The van der Waals surface area contributed by atoms with Crippen LogP contribution in [0, 0.1) is 6.92 Å². The second kappa shape index (κ2) is 6.77. The highest BCUT2D eigenvalue weighted by atomic mass is 15.3. The van der Waals surface area contributed by atoms with Gasteiger partial charge in [0.25, 0.3) is 0 Å². The van der Waals surface area contributed by atoms with E-state index in [9.17, 15) is 0 Å². The summed E-state index contributed by atoms with van der Waals surface area (Å²) in [6.45, 7) is 3.40. The first-order valence-electron chi connectivity index (χ1n) is 9.15. The minimum absolute atomic E-state index is 0.698. The predicted octanol–water partition coefficient (Wildman–Crippen LogP) is 3.44. The zero-order chi connectivity index (χ0) is 18.9. The third-order valence-electron chi connectivity index (χ3n) is 4.72. The van der Waals surface area contributed by atoms with Crippen LogP contribution in [-0.4, -0.2) is 29.4 Å². The molecule has 0 radical (unpaired) electrons.